The lowest BCUT2D eigenvalue weighted by molar-refractivity contribution is 0.695. The van der Waals surface area contributed by atoms with E-state index in [1.165, 1.54) is 16.8 Å². The maximum absolute atomic E-state index is 4.39. The highest BCUT2D eigenvalue weighted by atomic mass is 14.9. The van der Waals surface area contributed by atoms with Crippen molar-refractivity contribution >= 4 is 6.21 Å². The quantitative estimate of drug-likeness (QED) is 0.703. The standard InChI is InChI=1S/C13H22N2/c1-5-6-14-8-13-7-12(10(2)3)9-15-11(13)4/h7-8,10,15H,5-6,9H2,1-4H3/b14-8-. The molecule has 0 fully saturated rings. The Morgan fingerprint density at radius 1 is 1.53 bits per heavy atom. The Kier molecular flexibility index (Phi) is 4.60. The van der Waals surface area contributed by atoms with E-state index < -0.39 is 0 Å². The molecule has 2 nitrogen and oxygen atoms in total. The number of hydrogen-bond donors (Lipinski definition) is 1. The van der Waals surface area contributed by atoms with E-state index in [1.54, 1.807) is 0 Å². The molecule has 1 aliphatic rings. The molecule has 0 spiro atoms. The molecule has 0 aromatic rings. The van der Waals surface area contributed by atoms with Crippen LogP contribution in [0.15, 0.2) is 27.9 Å². The van der Waals surface area contributed by atoms with Crippen molar-refractivity contribution in [3.63, 3.8) is 0 Å². The van der Waals surface area contributed by atoms with Gasteiger partial charge in [-0.05, 0) is 24.8 Å². The third-order valence-corrected chi connectivity index (χ3v) is 2.66. The summed E-state index contributed by atoms with van der Waals surface area (Å²) >= 11 is 0. The predicted octanol–water partition coefficient (Wildman–Crippen LogP) is 2.93. The molecule has 1 aliphatic heterocycles. The van der Waals surface area contributed by atoms with Crippen molar-refractivity contribution in [3.8, 4) is 0 Å². The van der Waals surface area contributed by atoms with E-state index in [2.05, 4.69) is 44.1 Å². The fourth-order valence-electron chi connectivity index (χ4n) is 1.49. The maximum atomic E-state index is 4.39. The Morgan fingerprint density at radius 3 is 2.87 bits per heavy atom. The fraction of sp³-hybridized carbons (Fsp3) is 0.615. The minimum atomic E-state index is 0.611. The van der Waals surface area contributed by atoms with Crippen molar-refractivity contribution in [1.82, 2.24) is 5.32 Å². The van der Waals surface area contributed by atoms with Crippen molar-refractivity contribution in [1.29, 1.82) is 0 Å². The summed E-state index contributed by atoms with van der Waals surface area (Å²) < 4.78 is 0. The van der Waals surface area contributed by atoms with Crippen LogP contribution in [0.2, 0.25) is 0 Å². The van der Waals surface area contributed by atoms with Crippen LogP contribution in [-0.4, -0.2) is 19.3 Å². The summed E-state index contributed by atoms with van der Waals surface area (Å²) in [6.45, 7) is 10.6. The predicted molar refractivity (Wildman–Crippen MR) is 67.3 cm³/mol. The zero-order valence-electron chi connectivity index (χ0n) is 10.3. The van der Waals surface area contributed by atoms with Crippen LogP contribution in [0.3, 0.4) is 0 Å². The molecular weight excluding hydrogens is 184 g/mol. The molecule has 1 N–H and O–H groups in total. The van der Waals surface area contributed by atoms with Crippen LogP contribution in [0.25, 0.3) is 0 Å². The summed E-state index contributed by atoms with van der Waals surface area (Å²) in [5.74, 6) is 0.611. The lowest BCUT2D eigenvalue weighted by Crippen LogP contribution is -2.23. The molecule has 0 aliphatic carbocycles. The van der Waals surface area contributed by atoms with E-state index in [4.69, 9.17) is 0 Å². The molecule has 15 heavy (non-hydrogen) atoms. The summed E-state index contributed by atoms with van der Waals surface area (Å²) in [7, 11) is 0. The number of nitrogens with zero attached hydrogens (tertiary/aromatic N) is 1. The van der Waals surface area contributed by atoms with Crippen LogP contribution in [0.1, 0.15) is 34.1 Å². The highest BCUT2D eigenvalue weighted by Crippen LogP contribution is 2.17. The minimum absolute atomic E-state index is 0.611. The number of dihydropyridines is 1. The SMILES string of the molecule is CCC/N=C\C1=C(C)NCC(C(C)C)=C1. The number of nitrogens with one attached hydrogen (secondary N) is 1. The summed E-state index contributed by atoms with van der Waals surface area (Å²) in [4.78, 5) is 4.39. The first kappa shape index (κ1) is 12.0. The van der Waals surface area contributed by atoms with E-state index in [9.17, 15) is 0 Å². The van der Waals surface area contributed by atoms with Gasteiger partial charge in [0.2, 0.25) is 0 Å². The summed E-state index contributed by atoms with van der Waals surface area (Å²) in [5, 5.41) is 3.41. The van der Waals surface area contributed by atoms with Crippen LogP contribution in [-0.2, 0) is 0 Å². The van der Waals surface area contributed by atoms with Crippen LogP contribution in [0, 0.1) is 5.92 Å². The highest BCUT2D eigenvalue weighted by Gasteiger charge is 2.10. The van der Waals surface area contributed by atoms with Gasteiger partial charge in [-0.2, -0.15) is 0 Å². The van der Waals surface area contributed by atoms with Gasteiger partial charge in [0.25, 0.3) is 0 Å². The van der Waals surface area contributed by atoms with Crippen LogP contribution in [0.5, 0.6) is 0 Å². The Bertz CT molecular complexity index is 296. The molecule has 1 heterocycles. The second-order valence-electron chi connectivity index (χ2n) is 4.34. The Labute approximate surface area is 93.2 Å². The maximum Gasteiger partial charge on any atom is 0.0386 e. The molecule has 0 saturated heterocycles. The van der Waals surface area contributed by atoms with E-state index in [1.807, 2.05) is 6.21 Å². The first-order chi connectivity index (χ1) is 7.15. The van der Waals surface area contributed by atoms with E-state index in [-0.39, 0.29) is 0 Å². The third kappa shape index (κ3) is 3.54. The molecule has 0 atom stereocenters. The normalized spacial score (nSPS) is 17.3. The average Bonchev–Trinajstić information content (AvgIpc) is 2.20. The minimum Gasteiger partial charge on any atom is -0.384 e. The molecule has 84 valence electrons. The highest BCUT2D eigenvalue weighted by molar-refractivity contribution is 5.84. The summed E-state index contributed by atoms with van der Waals surface area (Å²) in [6.07, 6.45) is 5.38. The molecule has 0 saturated carbocycles. The van der Waals surface area contributed by atoms with Gasteiger partial charge in [0, 0.05) is 30.6 Å². The van der Waals surface area contributed by atoms with E-state index in [0.29, 0.717) is 5.92 Å². The van der Waals surface area contributed by atoms with Crippen LogP contribution < -0.4 is 5.32 Å². The van der Waals surface area contributed by atoms with Crippen molar-refractivity contribution in [2.24, 2.45) is 10.9 Å². The molecule has 0 bridgehead atoms. The second kappa shape index (κ2) is 5.74. The van der Waals surface area contributed by atoms with E-state index >= 15 is 0 Å². The van der Waals surface area contributed by atoms with Gasteiger partial charge in [-0.1, -0.05) is 26.8 Å². The van der Waals surface area contributed by atoms with Crippen LogP contribution >= 0.6 is 0 Å². The van der Waals surface area contributed by atoms with Gasteiger partial charge in [0.1, 0.15) is 0 Å². The van der Waals surface area contributed by atoms with Crippen LogP contribution in [0.4, 0.5) is 0 Å². The van der Waals surface area contributed by atoms with Gasteiger partial charge in [-0.3, -0.25) is 4.99 Å². The molecule has 2 heteroatoms. The van der Waals surface area contributed by atoms with E-state index in [0.717, 1.165) is 19.5 Å². The van der Waals surface area contributed by atoms with Crippen molar-refractivity contribution in [2.45, 2.75) is 34.1 Å². The first-order valence-electron chi connectivity index (χ1n) is 5.80. The molecule has 0 amide bonds. The topological polar surface area (TPSA) is 24.4 Å². The largest absolute Gasteiger partial charge is 0.384 e. The van der Waals surface area contributed by atoms with Gasteiger partial charge in [-0.25, -0.2) is 0 Å². The van der Waals surface area contributed by atoms with Gasteiger partial charge >= 0.3 is 0 Å². The molecule has 0 radical (unpaired) electrons. The molecule has 0 aromatic heterocycles. The fourth-order valence-corrected chi connectivity index (χ4v) is 1.49. The smallest absolute Gasteiger partial charge is 0.0386 e. The van der Waals surface area contributed by atoms with Gasteiger partial charge < -0.3 is 5.32 Å². The Hall–Kier alpha value is -1.05. The zero-order valence-corrected chi connectivity index (χ0v) is 10.3. The zero-order chi connectivity index (χ0) is 11.3. The molecule has 0 unspecified atom stereocenters. The number of allylic oxidation sites excluding steroid dienone is 3. The Balaban J connectivity index is 2.76. The Morgan fingerprint density at radius 2 is 2.27 bits per heavy atom. The number of aliphatic imine (C=N–C) groups is 1. The molecular formula is C13H22N2. The van der Waals surface area contributed by atoms with Crippen molar-refractivity contribution < 1.29 is 0 Å². The average molecular weight is 206 g/mol. The first-order valence-corrected chi connectivity index (χ1v) is 5.80. The lowest BCUT2D eigenvalue weighted by Gasteiger charge is -2.20. The number of hydrogen-bond acceptors (Lipinski definition) is 2. The summed E-state index contributed by atoms with van der Waals surface area (Å²) in [5.41, 5.74) is 3.93. The molecule has 0 aromatic carbocycles. The summed E-state index contributed by atoms with van der Waals surface area (Å²) in [6, 6.07) is 0. The van der Waals surface area contributed by atoms with Gasteiger partial charge in [0.05, 0.1) is 0 Å². The monoisotopic (exact) mass is 206 g/mol. The van der Waals surface area contributed by atoms with Crippen molar-refractivity contribution in [2.75, 3.05) is 13.1 Å². The lowest BCUT2D eigenvalue weighted by atomic mass is 9.97. The van der Waals surface area contributed by atoms with Crippen molar-refractivity contribution in [3.05, 3.63) is 22.9 Å². The van der Waals surface area contributed by atoms with Gasteiger partial charge in [0.15, 0.2) is 0 Å². The third-order valence-electron chi connectivity index (χ3n) is 2.66. The molecule has 1 rings (SSSR count). The second-order valence-corrected chi connectivity index (χ2v) is 4.34. The number of rotatable bonds is 4. The van der Waals surface area contributed by atoms with Gasteiger partial charge in [-0.15, -0.1) is 0 Å².